The third-order valence-corrected chi connectivity index (χ3v) is 10.6. The van der Waals surface area contributed by atoms with Gasteiger partial charge in [-0.3, -0.25) is 14.5 Å². The first-order chi connectivity index (χ1) is 20.9. The van der Waals surface area contributed by atoms with Gasteiger partial charge in [-0.05, 0) is 60.3 Å². The van der Waals surface area contributed by atoms with E-state index in [1.165, 1.54) is 19.2 Å². The molecule has 0 bridgehead atoms. The fourth-order valence-electron chi connectivity index (χ4n) is 6.59. The number of piperazine rings is 1. The molecule has 2 N–H and O–H groups in total. The molecule has 0 spiro atoms. The summed E-state index contributed by atoms with van der Waals surface area (Å²) in [7, 11) is -3.17. The summed E-state index contributed by atoms with van der Waals surface area (Å²) in [5.74, 6) is -1.47. The molecule has 0 saturated carbocycles. The van der Waals surface area contributed by atoms with Crippen molar-refractivity contribution in [3.05, 3.63) is 100 Å². The normalized spacial score (nSPS) is 27.5. The second-order valence-corrected chi connectivity index (χ2v) is 13.0. The predicted molar refractivity (Wildman–Crippen MR) is 157 cm³/mol. The van der Waals surface area contributed by atoms with Gasteiger partial charge in [-0.1, -0.05) is 53.6 Å². The third-order valence-electron chi connectivity index (χ3n) is 8.78. The van der Waals surface area contributed by atoms with Crippen LogP contribution >= 0.6 is 0 Å². The van der Waals surface area contributed by atoms with Crippen LogP contribution in [-0.2, 0) is 25.0 Å². The Balaban J connectivity index is 1.56. The van der Waals surface area contributed by atoms with Gasteiger partial charge in [0.25, 0.3) is 21.8 Å². The van der Waals surface area contributed by atoms with Crippen molar-refractivity contribution in [2.24, 2.45) is 5.11 Å². The van der Waals surface area contributed by atoms with Crippen LogP contribution in [0.3, 0.4) is 0 Å². The lowest BCUT2D eigenvalue weighted by Crippen LogP contribution is -2.75. The van der Waals surface area contributed by atoms with Crippen LogP contribution in [0.4, 0.5) is 5.69 Å². The summed E-state index contributed by atoms with van der Waals surface area (Å²) < 4.78 is 35.8. The highest BCUT2D eigenvalue weighted by atomic mass is 32.2. The summed E-state index contributed by atoms with van der Waals surface area (Å²) >= 11 is 0. The van der Waals surface area contributed by atoms with Crippen molar-refractivity contribution in [3.8, 4) is 5.75 Å². The van der Waals surface area contributed by atoms with Crippen LogP contribution in [0.15, 0.2) is 88.9 Å². The minimum Gasteiger partial charge on any atom is -0.494 e. The summed E-state index contributed by atoms with van der Waals surface area (Å²) in [5.41, 5.74) is 3.48. The number of amides is 2. The molecule has 14 heteroatoms. The Kier molecular flexibility index (Phi) is 6.85. The average molecular weight is 619 g/mol. The third kappa shape index (κ3) is 3.99. The van der Waals surface area contributed by atoms with Crippen LogP contribution < -0.4 is 9.04 Å². The maximum atomic E-state index is 14.5. The lowest BCUT2D eigenvalue weighted by Gasteiger charge is -2.50. The SMILES string of the molecule is CN1C(=O)[C@]2(O)C[C@]3(c4ccc(OCCCN=[N+]=[N-])cc4)c4ccccc4N(S(=O)(=O)c4ccccc4)[C@@H]3N2C(=O)[C@@]1(C)O. The van der Waals surface area contributed by atoms with Crippen LogP contribution in [0.5, 0.6) is 5.75 Å². The Bertz CT molecular complexity index is 1800. The van der Waals surface area contributed by atoms with E-state index in [0.29, 0.717) is 23.3 Å². The number of hydrogen-bond acceptors (Lipinski definition) is 8. The van der Waals surface area contributed by atoms with E-state index in [1.54, 1.807) is 66.7 Å². The van der Waals surface area contributed by atoms with E-state index >= 15 is 0 Å². The number of carbonyl (C=O) groups excluding carboxylic acids is 2. The molecule has 4 atom stereocenters. The van der Waals surface area contributed by atoms with Gasteiger partial charge in [0.1, 0.15) is 11.9 Å². The van der Waals surface area contributed by atoms with Gasteiger partial charge in [-0.15, -0.1) is 0 Å². The van der Waals surface area contributed by atoms with Crippen LogP contribution in [-0.4, -0.2) is 78.1 Å². The number of anilines is 1. The zero-order valence-corrected chi connectivity index (χ0v) is 24.8. The Hall–Kier alpha value is -4.62. The zero-order chi connectivity index (χ0) is 31.5. The molecule has 44 heavy (non-hydrogen) atoms. The fourth-order valence-corrected chi connectivity index (χ4v) is 8.27. The Labute approximate surface area is 253 Å². The lowest BCUT2D eigenvalue weighted by molar-refractivity contribution is -0.224. The lowest BCUT2D eigenvalue weighted by atomic mass is 9.72. The molecule has 3 aliphatic rings. The van der Waals surface area contributed by atoms with Gasteiger partial charge in [0.15, 0.2) is 0 Å². The number of ether oxygens (including phenoxy) is 1. The molecule has 3 heterocycles. The number of sulfonamides is 1. The highest BCUT2D eigenvalue weighted by molar-refractivity contribution is 7.92. The van der Waals surface area contributed by atoms with Crippen molar-refractivity contribution in [2.75, 3.05) is 24.5 Å². The summed E-state index contributed by atoms with van der Waals surface area (Å²) in [6.45, 7) is 1.70. The zero-order valence-electron chi connectivity index (χ0n) is 23.9. The van der Waals surface area contributed by atoms with Gasteiger partial charge in [-0.25, -0.2) is 12.7 Å². The van der Waals surface area contributed by atoms with E-state index in [2.05, 4.69) is 10.0 Å². The molecule has 0 radical (unpaired) electrons. The molecule has 13 nitrogen and oxygen atoms in total. The van der Waals surface area contributed by atoms with E-state index in [4.69, 9.17) is 10.3 Å². The number of hydrogen-bond donors (Lipinski definition) is 2. The Morgan fingerprint density at radius 2 is 1.66 bits per heavy atom. The second kappa shape index (κ2) is 10.2. The van der Waals surface area contributed by atoms with E-state index in [-0.39, 0.29) is 30.2 Å². The number of para-hydroxylation sites is 1. The van der Waals surface area contributed by atoms with Gasteiger partial charge in [-0.2, -0.15) is 0 Å². The molecule has 2 amide bonds. The number of rotatable bonds is 8. The molecular weight excluding hydrogens is 588 g/mol. The van der Waals surface area contributed by atoms with E-state index < -0.39 is 44.9 Å². The summed E-state index contributed by atoms with van der Waals surface area (Å²) in [6, 6.07) is 21.2. The molecule has 0 aliphatic carbocycles. The number of benzene rings is 3. The van der Waals surface area contributed by atoms with Crippen molar-refractivity contribution in [2.45, 2.75) is 47.7 Å². The molecule has 0 aromatic heterocycles. The molecule has 6 rings (SSSR count). The van der Waals surface area contributed by atoms with Crippen LogP contribution in [0.25, 0.3) is 10.4 Å². The van der Waals surface area contributed by atoms with Crippen molar-refractivity contribution >= 4 is 27.5 Å². The topological polar surface area (TPSA) is 176 Å². The van der Waals surface area contributed by atoms with E-state index in [9.17, 15) is 28.2 Å². The highest BCUT2D eigenvalue weighted by Gasteiger charge is 2.76. The predicted octanol–water partition coefficient (Wildman–Crippen LogP) is 2.69. The van der Waals surface area contributed by atoms with Gasteiger partial charge in [0.2, 0.25) is 11.4 Å². The van der Waals surface area contributed by atoms with Gasteiger partial charge in [0, 0.05) is 24.9 Å². The maximum Gasteiger partial charge on any atom is 0.280 e. The molecule has 2 saturated heterocycles. The molecule has 0 unspecified atom stereocenters. The van der Waals surface area contributed by atoms with Crippen molar-refractivity contribution in [3.63, 3.8) is 0 Å². The van der Waals surface area contributed by atoms with Crippen molar-refractivity contribution in [1.82, 2.24) is 9.80 Å². The number of nitrogens with zero attached hydrogens (tertiary/aromatic N) is 6. The number of fused-ring (bicyclic) bond motifs is 5. The summed E-state index contributed by atoms with van der Waals surface area (Å²) in [6.07, 6.45) is -1.33. The first-order valence-electron chi connectivity index (χ1n) is 13.9. The monoisotopic (exact) mass is 618 g/mol. The molecule has 3 aromatic carbocycles. The number of likely N-dealkylation sites (N-methyl/N-ethyl adjacent to an activating group) is 1. The number of azide groups is 1. The van der Waals surface area contributed by atoms with Crippen molar-refractivity contribution in [1.29, 1.82) is 0 Å². The van der Waals surface area contributed by atoms with Crippen molar-refractivity contribution < 1.29 is 33.0 Å². The summed E-state index contributed by atoms with van der Waals surface area (Å²) in [5, 5.41) is 26.8. The maximum absolute atomic E-state index is 14.5. The molecule has 2 fully saturated rings. The minimum absolute atomic E-state index is 0.0508. The number of carbonyl (C=O) groups is 2. The Morgan fingerprint density at radius 3 is 2.34 bits per heavy atom. The minimum atomic E-state index is -4.39. The first kappa shape index (κ1) is 29.5. The van der Waals surface area contributed by atoms with Crippen LogP contribution in [0.1, 0.15) is 30.9 Å². The average Bonchev–Trinajstić information content (AvgIpc) is 3.46. The summed E-state index contributed by atoms with van der Waals surface area (Å²) in [4.78, 5) is 32.1. The second-order valence-electron chi connectivity index (χ2n) is 11.2. The smallest absolute Gasteiger partial charge is 0.280 e. The van der Waals surface area contributed by atoms with Gasteiger partial charge >= 0.3 is 0 Å². The van der Waals surface area contributed by atoms with E-state index in [1.807, 2.05) is 0 Å². The number of aliphatic hydroxyl groups is 2. The highest BCUT2D eigenvalue weighted by Crippen LogP contribution is 2.62. The molecular formula is C30H30N6O7S. The van der Waals surface area contributed by atoms with Crippen LogP contribution in [0.2, 0.25) is 0 Å². The first-order valence-corrected chi connectivity index (χ1v) is 15.4. The van der Waals surface area contributed by atoms with Gasteiger partial charge < -0.3 is 19.8 Å². The van der Waals surface area contributed by atoms with E-state index in [0.717, 1.165) is 21.0 Å². The van der Waals surface area contributed by atoms with Gasteiger partial charge in [0.05, 0.1) is 22.6 Å². The molecule has 3 aromatic rings. The standard InChI is InChI=1S/C30H30N6O7S/c1-28(39)26(37)35-25-29(19-30(35,40)27(38)34(28)2,20-13-15-21(16-14-20)43-18-8-17-32-33-31)23-11-6-7-12-24(23)36(25)44(41,42)22-9-4-3-5-10-22/h3-7,9-16,25,39-40H,8,17-19H2,1-2H3/t25-,28+,29-,30+/m0/s1. The Morgan fingerprint density at radius 1 is 1.00 bits per heavy atom. The quantitative estimate of drug-likeness (QED) is 0.169. The molecule has 228 valence electrons. The fraction of sp³-hybridized carbons (Fsp3) is 0.333. The largest absolute Gasteiger partial charge is 0.494 e. The molecule has 3 aliphatic heterocycles. The van der Waals surface area contributed by atoms with Crippen LogP contribution in [0, 0.1) is 0 Å².